The second kappa shape index (κ2) is 7.97. The summed E-state index contributed by atoms with van der Waals surface area (Å²) in [7, 11) is 2.65. The number of phenolic OH excluding ortho intramolecular Hbond substituents is 1. The number of esters is 1. The molecule has 0 spiro atoms. The second-order valence-corrected chi connectivity index (χ2v) is 6.08. The van der Waals surface area contributed by atoms with Crippen molar-refractivity contribution in [3.8, 4) is 11.5 Å². The van der Waals surface area contributed by atoms with Gasteiger partial charge in [-0.1, -0.05) is 0 Å². The molecule has 1 fully saturated rings. The van der Waals surface area contributed by atoms with E-state index >= 15 is 0 Å². The van der Waals surface area contributed by atoms with Gasteiger partial charge in [0.2, 0.25) is 0 Å². The van der Waals surface area contributed by atoms with Gasteiger partial charge in [-0.3, -0.25) is 10.1 Å². The normalized spacial score (nSPS) is 17.5. The van der Waals surface area contributed by atoms with Crippen LogP contribution in [0.5, 0.6) is 11.5 Å². The molecule has 0 radical (unpaired) electrons. The minimum absolute atomic E-state index is 0.0101. The molecule has 1 heterocycles. The van der Waals surface area contributed by atoms with Crippen molar-refractivity contribution in [2.45, 2.75) is 0 Å². The summed E-state index contributed by atoms with van der Waals surface area (Å²) >= 11 is 4.27. The summed E-state index contributed by atoms with van der Waals surface area (Å²) in [5, 5.41) is 20.1. The third-order valence-corrected chi connectivity index (χ3v) is 4.47. The number of ether oxygens (including phenoxy) is 2. The molecular formula is C14H12BrN3O5S. The van der Waals surface area contributed by atoms with Gasteiger partial charge in [0.15, 0.2) is 16.7 Å². The van der Waals surface area contributed by atoms with Crippen LogP contribution < -0.4 is 10.1 Å². The van der Waals surface area contributed by atoms with E-state index in [0.717, 1.165) is 17.8 Å². The first-order valence-corrected chi connectivity index (χ1v) is 8.02. The number of amidine groups is 1. The fourth-order valence-corrected chi connectivity index (χ4v) is 2.98. The molecule has 0 aliphatic carbocycles. The Morgan fingerprint density at radius 2 is 2.17 bits per heavy atom. The first-order valence-electron chi connectivity index (χ1n) is 6.41. The number of halogens is 1. The lowest BCUT2D eigenvalue weighted by Crippen LogP contribution is -2.19. The highest BCUT2D eigenvalue weighted by atomic mass is 79.9. The van der Waals surface area contributed by atoms with E-state index < -0.39 is 11.9 Å². The van der Waals surface area contributed by atoms with Crippen LogP contribution in [-0.4, -0.2) is 42.6 Å². The molecule has 126 valence electrons. The van der Waals surface area contributed by atoms with Crippen LogP contribution in [0.25, 0.3) is 0 Å². The summed E-state index contributed by atoms with van der Waals surface area (Å²) in [5.74, 6) is -0.813. The Labute approximate surface area is 149 Å². The Morgan fingerprint density at radius 3 is 2.83 bits per heavy atom. The molecule has 1 saturated heterocycles. The zero-order chi connectivity index (χ0) is 17.7. The van der Waals surface area contributed by atoms with Crippen molar-refractivity contribution in [1.29, 1.82) is 0 Å². The lowest BCUT2D eigenvalue weighted by molar-refractivity contribution is -0.135. The van der Waals surface area contributed by atoms with Crippen LogP contribution in [-0.2, 0) is 14.3 Å². The number of hydrogen-bond acceptors (Lipinski definition) is 8. The van der Waals surface area contributed by atoms with Crippen LogP contribution in [0.4, 0.5) is 0 Å². The Kier molecular flexibility index (Phi) is 5.99. The number of hydrogen-bond donors (Lipinski definition) is 2. The minimum Gasteiger partial charge on any atom is -0.504 e. The predicted octanol–water partition coefficient (Wildman–Crippen LogP) is 1.77. The summed E-state index contributed by atoms with van der Waals surface area (Å²) in [6.45, 7) is 0. The molecule has 0 aromatic heterocycles. The van der Waals surface area contributed by atoms with Gasteiger partial charge >= 0.3 is 5.97 Å². The molecule has 0 unspecified atom stereocenters. The van der Waals surface area contributed by atoms with E-state index in [1.807, 2.05) is 0 Å². The number of aromatic hydroxyl groups is 1. The highest BCUT2D eigenvalue weighted by Gasteiger charge is 2.25. The lowest BCUT2D eigenvalue weighted by Gasteiger charge is -2.07. The first-order chi connectivity index (χ1) is 11.5. The number of nitrogens with zero attached hydrogens (tertiary/aromatic N) is 2. The molecule has 1 aliphatic heterocycles. The first kappa shape index (κ1) is 18.0. The number of amides is 1. The number of nitrogens with one attached hydrogen (secondary N) is 1. The van der Waals surface area contributed by atoms with E-state index in [-0.39, 0.29) is 21.6 Å². The standard InChI is InChI=1S/C14H12BrN3O5S/c1-22-10(20)5-9-13(21)17-14(24-9)18-16-6-7-3-4-8(19)12(23-2)11(7)15/h3-6,19H,1-2H3,(H,17,18,21)/b9-5+,16-6?. The zero-order valence-electron chi connectivity index (χ0n) is 12.6. The molecule has 0 atom stereocenters. The van der Waals surface area contributed by atoms with Crippen LogP contribution in [0.3, 0.4) is 0 Å². The van der Waals surface area contributed by atoms with Gasteiger partial charge < -0.3 is 14.6 Å². The van der Waals surface area contributed by atoms with E-state index in [2.05, 4.69) is 36.2 Å². The smallest absolute Gasteiger partial charge is 0.331 e. The number of methoxy groups -OCH3 is 2. The largest absolute Gasteiger partial charge is 0.504 e. The topological polar surface area (TPSA) is 110 Å². The molecule has 0 bridgehead atoms. The third kappa shape index (κ3) is 4.15. The van der Waals surface area contributed by atoms with Crippen molar-refractivity contribution in [2.75, 3.05) is 14.2 Å². The van der Waals surface area contributed by atoms with Crippen LogP contribution in [0.1, 0.15) is 5.56 Å². The van der Waals surface area contributed by atoms with E-state index in [9.17, 15) is 14.7 Å². The van der Waals surface area contributed by atoms with Crippen molar-refractivity contribution < 1.29 is 24.2 Å². The summed E-state index contributed by atoms with van der Waals surface area (Å²) < 4.78 is 10.0. The average molecular weight is 414 g/mol. The Morgan fingerprint density at radius 1 is 1.42 bits per heavy atom. The van der Waals surface area contributed by atoms with Crippen molar-refractivity contribution in [3.63, 3.8) is 0 Å². The van der Waals surface area contributed by atoms with Gasteiger partial charge in [0.25, 0.3) is 5.91 Å². The van der Waals surface area contributed by atoms with Gasteiger partial charge in [-0.15, -0.1) is 5.10 Å². The lowest BCUT2D eigenvalue weighted by atomic mass is 10.2. The van der Waals surface area contributed by atoms with Gasteiger partial charge in [-0.25, -0.2) is 4.79 Å². The predicted molar refractivity (Wildman–Crippen MR) is 93.2 cm³/mol. The van der Waals surface area contributed by atoms with Crippen molar-refractivity contribution in [3.05, 3.63) is 33.2 Å². The molecule has 2 rings (SSSR count). The highest BCUT2D eigenvalue weighted by Crippen LogP contribution is 2.36. The molecular weight excluding hydrogens is 402 g/mol. The summed E-state index contributed by atoms with van der Waals surface area (Å²) in [4.78, 5) is 23.0. The van der Waals surface area contributed by atoms with Gasteiger partial charge in [0, 0.05) is 11.6 Å². The van der Waals surface area contributed by atoms with Crippen LogP contribution in [0.2, 0.25) is 0 Å². The number of carbonyl (C=O) groups excluding carboxylic acids is 2. The number of thioether (sulfide) groups is 1. The van der Waals surface area contributed by atoms with Crippen LogP contribution in [0, 0.1) is 0 Å². The number of benzene rings is 1. The van der Waals surface area contributed by atoms with Gasteiger partial charge in [0.1, 0.15) is 0 Å². The maximum atomic E-state index is 11.7. The molecule has 24 heavy (non-hydrogen) atoms. The summed E-state index contributed by atoms with van der Waals surface area (Å²) in [5.41, 5.74) is 0.619. The fourth-order valence-electron chi connectivity index (χ4n) is 1.64. The third-order valence-electron chi connectivity index (χ3n) is 2.76. The van der Waals surface area contributed by atoms with Gasteiger partial charge in [-0.2, -0.15) is 5.10 Å². The highest BCUT2D eigenvalue weighted by molar-refractivity contribution is 9.10. The summed E-state index contributed by atoms with van der Waals surface area (Å²) in [6.07, 6.45) is 2.50. The molecule has 1 aliphatic rings. The van der Waals surface area contributed by atoms with Gasteiger partial charge in [0.05, 0.1) is 29.8 Å². The van der Waals surface area contributed by atoms with Gasteiger partial charge in [-0.05, 0) is 39.8 Å². The van der Waals surface area contributed by atoms with Crippen LogP contribution in [0.15, 0.2) is 37.8 Å². The number of rotatable bonds is 4. The molecule has 2 N–H and O–H groups in total. The minimum atomic E-state index is -0.627. The second-order valence-electron chi connectivity index (χ2n) is 4.26. The monoisotopic (exact) mass is 413 g/mol. The van der Waals surface area contributed by atoms with E-state index in [4.69, 9.17) is 4.74 Å². The van der Waals surface area contributed by atoms with Crippen molar-refractivity contribution >= 4 is 51.0 Å². The quantitative estimate of drug-likeness (QED) is 0.337. The van der Waals surface area contributed by atoms with E-state index in [0.29, 0.717) is 10.0 Å². The van der Waals surface area contributed by atoms with E-state index in [1.165, 1.54) is 26.5 Å². The Bertz CT molecular complexity index is 776. The Hall–Kier alpha value is -2.33. The molecule has 1 aromatic carbocycles. The maximum absolute atomic E-state index is 11.7. The molecule has 1 aromatic rings. The van der Waals surface area contributed by atoms with E-state index in [1.54, 1.807) is 6.07 Å². The molecule has 1 amide bonds. The molecule has 0 saturated carbocycles. The Balaban J connectivity index is 2.15. The van der Waals surface area contributed by atoms with Crippen LogP contribution >= 0.6 is 27.7 Å². The van der Waals surface area contributed by atoms with Crippen molar-refractivity contribution in [2.24, 2.45) is 10.2 Å². The number of carbonyl (C=O) groups is 2. The maximum Gasteiger partial charge on any atom is 0.331 e. The molecule has 10 heteroatoms. The van der Waals surface area contributed by atoms with Crippen molar-refractivity contribution in [1.82, 2.24) is 5.32 Å². The zero-order valence-corrected chi connectivity index (χ0v) is 15.0. The fraction of sp³-hybridized carbons (Fsp3) is 0.143. The number of phenols is 1. The molecule has 8 nitrogen and oxygen atoms in total. The SMILES string of the molecule is COC(=O)/C=C1/S/C(=N\N=Cc2ccc(O)c(OC)c2Br)NC1=O. The average Bonchev–Trinajstić information content (AvgIpc) is 2.89. The summed E-state index contributed by atoms with van der Waals surface area (Å²) in [6, 6.07) is 3.08.